The minimum Gasteiger partial charge on any atom is -0.464 e. The van der Waals surface area contributed by atoms with Gasteiger partial charge in [-0.05, 0) is 50.6 Å². The van der Waals surface area contributed by atoms with Crippen LogP contribution in [0.2, 0.25) is 0 Å². The van der Waals surface area contributed by atoms with Crippen molar-refractivity contribution >= 4 is 33.6 Å². The topological polar surface area (TPSA) is 71.5 Å². The van der Waals surface area contributed by atoms with Crippen LogP contribution in [0.4, 0.5) is 5.82 Å². The Balaban J connectivity index is 1.86. The van der Waals surface area contributed by atoms with Crippen LogP contribution >= 0.6 is 15.9 Å². The molecule has 7 heteroatoms. The van der Waals surface area contributed by atoms with Crippen LogP contribution < -0.4 is 15.0 Å². The fourth-order valence-corrected chi connectivity index (χ4v) is 3.30. The highest BCUT2D eigenvalue weighted by molar-refractivity contribution is 9.10. The minimum absolute atomic E-state index is 0.155. The monoisotopic (exact) mass is 417 g/mol. The molecule has 0 radical (unpaired) electrons. The fraction of sp³-hybridized carbons (Fsp3) is 0.316. The number of benzene rings is 1. The lowest BCUT2D eigenvalue weighted by Crippen LogP contribution is -2.63. The van der Waals surface area contributed by atoms with Crippen LogP contribution in [-0.2, 0) is 16.1 Å². The van der Waals surface area contributed by atoms with Gasteiger partial charge in [-0.3, -0.25) is 14.5 Å². The zero-order valence-electron chi connectivity index (χ0n) is 14.8. The number of hydrogen-bond donors (Lipinski definition) is 1. The number of carbonyl (C=O) groups excluding carboxylic acids is 2. The van der Waals surface area contributed by atoms with Gasteiger partial charge < -0.3 is 10.1 Å². The Bertz CT molecular complexity index is 855. The summed E-state index contributed by atoms with van der Waals surface area (Å²) in [6.45, 7) is 5.55. The first-order chi connectivity index (χ1) is 12.3. The van der Waals surface area contributed by atoms with E-state index in [1.165, 1.54) is 11.8 Å². The number of rotatable bonds is 4. The van der Waals surface area contributed by atoms with E-state index in [1.54, 1.807) is 18.3 Å². The normalized spacial score (nSPS) is 19.1. The number of nitrogens with zero attached hydrogens (tertiary/aromatic N) is 2. The molecule has 1 aliphatic heterocycles. The van der Waals surface area contributed by atoms with Gasteiger partial charge in [0, 0.05) is 23.3 Å². The lowest BCUT2D eigenvalue weighted by molar-refractivity contribution is -0.148. The first kappa shape index (κ1) is 18.4. The molecule has 0 saturated carbocycles. The molecule has 0 bridgehead atoms. The van der Waals surface area contributed by atoms with Crippen molar-refractivity contribution in [2.45, 2.75) is 39.0 Å². The predicted octanol–water partition coefficient (Wildman–Crippen LogP) is 3.05. The molecule has 2 amide bonds. The van der Waals surface area contributed by atoms with E-state index in [0.717, 1.165) is 10.0 Å². The first-order valence-corrected chi connectivity index (χ1v) is 9.12. The number of halogens is 1. The van der Waals surface area contributed by atoms with Crippen molar-refractivity contribution in [3.05, 3.63) is 52.6 Å². The standard InChI is InChI=1S/C19H20BrN3O3/c1-12(2)23-16-15(8-5-9-21-16)26-19(3,18(23)25)17(24)22-11-13-6-4-7-14(20)10-13/h4-10,12H,11H2,1-3H3,(H,22,24). The molecular weight excluding hydrogens is 398 g/mol. The largest absolute Gasteiger partial charge is 0.464 e. The molecule has 2 heterocycles. The Kier molecular flexibility index (Phi) is 5.00. The molecule has 0 spiro atoms. The molecule has 0 fully saturated rings. The number of pyridine rings is 1. The molecular formula is C19H20BrN3O3. The van der Waals surface area contributed by atoms with E-state index < -0.39 is 17.4 Å². The van der Waals surface area contributed by atoms with Gasteiger partial charge in [0.05, 0.1) is 0 Å². The second-order valence-corrected chi connectivity index (χ2v) is 7.46. The van der Waals surface area contributed by atoms with E-state index in [0.29, 0.717) is 18.1 Å². The van der Waals surface area contributed by atoms with E-state index in [4.69, 9.17) is 4.74 Å². The molecule has 1 atom stereocenters. The number of nitrogens with one attached hydrogen (secondary N) is 1. The molecule has 0 aliphatic carbocycles. The second kappa shape index (κ2) is 7.07. The predicted molar refractivity (Wildman–Crippen MR) is 102 cm³/mol. The van der Waals surface area contributed by atoms with Gasteiger partial charge in [-0.15, -0.1) is 0 Å². The Hall–Kier alpha value is -2.41. The van der Waals surface area contributed by atoms with Gasteiger partial charge in [0.1, 0.15) is 0 Å². The Morgan fingerprint density at radius 2 is 2.12 bits per heavy atom. The maximum absolute atomic E-state index is 13.1. The summed E-state index contributed by atoms with van der Waals surface area (Å²) in [4.78, 5) is 31.7. The van der Waals surface area contributed by atoms with Crippen LogP contribution in [0.5, 0.6) is 5.75 Å². The zero-order valence-corrected chi connectivity index (χ0v) is 16.4. The number of ether oxygens (including phenoxy) is 1. The third-order valence-electron chi connectivity index (χ3n) is 4.21. The maximum Gasteiger partial charge on any atom is 0.282 e. The van der Waals surface area contributed by atoms with Gasteiger partial charge in [-0.1, -0.05) is 28.1 Å². The van der Waals surface area contributed by atoms with E-state index in [2.05, 4.69) is 26.2 Å². The third-order valence-corrected chi connectivity index (χ3v) is 4.71. The van der Waals surface area contributed by atoms with Crippen LogP contribution in [0.25, 0.3) is 0 Å². The molecule has 136 valence electrons. The summed E-state index contributed by atoms with van der Waals surface area (Å²) in [5.41, 5.74) is -0.728. The number of carbonyl (C=O) groups is 2. The van der Waals surface area contributed by atoms with Crippen molar-refractivity contribution in [1.82, 2.24) is 10.3 Å². The van der Waals surface area contributed by atoms with Gasteiger partial charge in [-0.2, -0.15) is 0 Å². The zero-order chi connectivity index (χ0) is 18.9. The summed E-state index contributed by atoms with van der Waals surface area (Å²) in [7, 11) is 0. The van der Waals surface area contributed by atoms with Crippen molar-refractivity contribution < 1.29 is 14.3 Å². The van der Waals surface area contributed by atoms with Gasteiger partial charge in [0.2, 0.25) is 0 Å². The van der Waals surface area contributed by atoms with Crippen LogP contribution in [0.3, 0.4) is 0 Å². The van der Waals surface area contributed by atoms with Gasteiger partial charge >= 0.3 is 0 Å². The SMILES string of the molecule is CC(C)N1C(=O)C(C)(C(=O)NCc2cccc(Br)c2)Oc2cccnc21. The molecule has 26 heavy (non-hydrogen) atoms. The van der Waals surface area contributed by atoms with Crippen LogP contribution in [0.1, 0.15) is 26.3 Å². The summed E-state index contributed by atoms with van der Waals surface area (Å²) in [5, 5.41) is 2.80. The minimum atomic E-state index is -1.65. The maximum atomic E-state index is 13.1. The van der Waals surface area contributed by atoms with E-state index >= 15 is 0 Å². The summed E-state index contributed by atoms with van der Waals surface area (Å²) in [6, 6.07) is 10.9. The highest BCUT2D eigenvalue weighted by atomic mass is 79.9. The van der Waals surface area contributed by atoms with Crippen molar-refractivity contribution in [2.75, 3.05) is 4.90 Å². The molecule has 1 N–H and O–H groups in total. The average Bonchev–Trinajstić information content (AvgIpc) is 2.60. The number of hydrogen-bond acceptors (Lipinski definition) is 4. The Morgan fingerprint density at radius 1 is 1.35 bits per heavy atom. The second-order valence-electron chi connectivity index (χ2n) is 6.54. The van der Waals surface area contributed by atoms with Crippen molar-refractivity contribution in [3.8, 4) is 5.75 Å². The molecule has 1 aliphatic rings. The van der Waals surface area contributed by atoms with Crippen LogP contribution in [0, 0.1) is 0 Å². The molecule has 0 saturated heterocycles. The summed E-state index contributed by atoms with van der Waals surface area (Å²) < 4.78 is 6.73. The number of aromatic nitrogens is 1. The lowest BCUT2D eigenvalue weighted by Gasteiger charge is -2.40. The molecule has 3 rings (SSSR count). The first-order valence-electron chi connectivity index (χ1n) is 8.33. The molecule has 1 aromatic carbocycles. The number of amides is 2. The molecule has 6 nitrogen and oxygen atoms in total. The Labute approximate surface area is 160 Å². The highest BCUT2D eigenvalue weighted by Gasteiger charge is 2.51. The number of fused-ring (bicyclic) bond motifs is 1. The summed E-state index contributed by atoms with van der Waals surface area (Å²) >= 11 is 3.40. The van der Waals surface area contributed by atoms with Crippen molar-refractivity contribution in [2.24, 2.45) is 0 Å². The van der Waals surface area contributed by atoms with Crippen LogP contribution in [-0.4, -0.2) is 28.4 Å². The van der Waals surface area contributed by atoms with E-state index in [-0.39, 0.29) is 6.04 Å². The number of anilines is 1. The Morgan fingerprint density at radius 3 is 2.81 bits per heavy atom. The average molecular weight is 418 g/mol. The summed E-state index contributed by atoms with van der Waals surface area (Å²) in [5.74, 6) is -0.0567. The van der Waals surface area contributed by atoms with E-state index in [9.17, 15) is 9.59 Å². The quantitative estimate of drug-likeness (QED) is 0.775. The van der Waals surface area contributed by atoms with Crippen LogP contribution in [0.15, 0.2) is 47.1 Å². The van der Waals surface area contributed by atoms with Gasteiger partial charge in [0.15, 0.2) is 11.6 Å². The third kappa shape index (κ3) is 3.31. The van der Waals surface area contributed by atoms with Gasteiger partial charge in [-0.25, -0.2) is 4.98 Å². The molecule has 1 aromatic heterocycles. The smallest absolute Gasteiger partial charge is 0.282 e. The van der Waals surface area contributed by atoms with E-state index in [1.807, 2.05) is 38.1 Å². The highest BCUT2D eigenvalue weighted by Crippen LogP contribution is 2.37. The van der Waals surface area contributed by atoms with Crippen molar-refractivity contribution in [1.29, 1.82) is 0 Å². The molecule has 2 aromatic rings. The molecule has 1 unspecified atom stereocenters. The fourth-order valence-electron chi connectivity index (χ4n) is 2.85. The summed E-state index contributed by atoms with van der Waals surface area (Å²) in [6.07, 6.45) is 1.60. The van der Waals surface area contributed by atoms with Crippen molar-refractivity contribution in [3.63, 3.8) is 0 Å². The lowest BCUT2D eigenvalue weighted by atomic mass is 9.99. The van der Waals surface area contributed by atoms with Gasteiger partial charge in [0.25, 0.3) is 17.4 Å².